The average Bonchev–Trinajstić information content (AvgIpc) is 3.23. The fraction of sp³-hybridized carbons (Fsp3) is 0.750. The Balaban J connectivity index is 1.26. The molecule has 154 valence electrons. The largest absolute Gasteiger partial charge is 0.375 e. The van der Waals surface area contributed by atoms with Gasteiger partial charge in [-0.25, -0.2) is 0 Å². The molecule has 1 aromatic rings. The van der Waals surface area contributed by atoms with Crippen LogP contribution >= 0.6 is 0 Å². The van der Waals surface area contributed by atoms with Crippen LogP contribution in [0.3, 0.4) is 0 Å². The molecule has 2 bridgehead atoms. The number of carbonyl (C=O) groups excluding carboxylic acids is 2. The van der Waals surface area contributed by atoms with E-state index in [1.807, 2.05) is 9.80 Å². The summed E-state index contributed by atoms with van der Waals surface area (Å²) in [6, 6.07) is 2.24. The highest BCUT2D eigenvalue weighted by atomic mass is 16.5. The molecule has 8 nitrogen and oxygen atoms in total. The molecule has 28 heavy (non-hydrogen) atoms. The third kappa shape index (κ3) is 3.93. The van der Waals surface area contributed by atoms with Crippen LogP contribution in [0.25, 0.3) is 0 Å². The molecule has 0 radical (unpaired) electrons. The summed E-state index contributed by atoms with van der Waals surface area (Å²) in [6.45, 7) is 3.29. The molecule has 0 aromatic carbocycles. The van der Waals surface area contributed by atoms with E-state index < -0.39 is 0 Å². The number of piperidine rings is 2. The Kier molecular flexibility index (Phi) is 5.68. The van der Waals surface area contributed by atoms with Crippen LogP contribution in [0, 0.1) is 6.92 Å². The van der Waals surface area contributed by atoms with E-state index in [2.05, 4.69) is 5.16 Å². The molecule has 3 saturated heterocycles. The molecule has 1 unspecified atom stereocenters. The van der Waals surface area contributed by atoms with Crippen LogP contribution in [0.1, 0.15) is 54.8 Å². The second-order valence-electron chi connectivity index (χ2n) is 8.16. The van der Waals surface area contributed by atoms with E-state index in [1.165, 1.54) is 0 Å². The van der Waals surface area contributed by atoms with Gasteiger partial charge in [-0.2, -0.15) is 0 Å². The molecule has 3 atom stereocenters. The molecule has 0 saturated carbocycles. The van der Waals surface area contributed by atoms with E-state index in [-0.39, 0.29) is 42.7 Å². The zero-order chi connectivity index (χ0) is 19.7. The lowest BCUT2D eigenvalue weighted by atomic mass is 9.98. The molecule has 3 aliphatic rings. The van der Waals surface area contributed by atoms with E-state index in [0.717, 1.165) is 38.5 Å². The monoisotopic (exact) mass is 391 g/mol. The number of likely N-dealkylation sites (tertiary alicyclic amines) is 1. The second kappa shape index (κ2) is 8.21. The maximum absolute atomic E-state index is 12.5. The summed E-state index contributed by atoms with van der Waals surface area (Å²) in [7, 11) is 1.57. The highest BCUT2D eigenvalue weighted by Gasteiger charge is 2.44. The van der Waals surface area contributed by atoms with Gasteiger partial charge in [-0.05, 0) is 45.4 Å². The number of hydrogen-bond donors (Lipinski definition) is 0. The van der Waals surface area contributed by atoms with E-state index in [1.54, 1.807) is 20.1 Å². The minimum Gasteiger partial charge on any atom is -0.375 e. The molecule has 3 fully saturated rings. The molecule has 4 rings (SSSR count). The summed E-state index contributed by atoms with van der Waals surface area (Å²) in [5.41, 5.74) is 0.376. The number of amides is 2. The minimum atomic E-state index is -0.0710. The van der Waals surface area contributed by atoms with Crippen molar-refractivity contribution in [3.8, 4) is 0 Å². The maximum Gasteiger partial charge on any atom is 0.276 e. The number of hydrogen-bond acceptors (Lipinski definition) is 6. The highest BCUT2D eigenvalue weighted by molar-refractivity contribution is 5.92. The Hall–Kier alpha value is -1.93. The third-order valence-electron chi connectivity index (χ3n) is 6.21. The maximum atomic E-state index is 12.5. The predicted octanol–water partition coefficient (Wildman–Crippen LogP) is 1.77. The van der Waals surface area contributed by atoms with E-state index in [9.17, 15) is 9.59 Å². The molecule has 3 aliphatic heterocycles. The van der Waals surface area contributed by atoms with Crippen molar-refractivity contribution < 1.29 is 23.6 Å². The van der Waals surface area contributed by atoms with Crippen LogP contribution in [0.5, 0.6) is 0 Å². The van der Waals surface area contributed by atoms with E-state index in [4.69, 9.17) is 14.0 Å². The van der Waals surface area contributed by atoms with Crippen molar-refractivity contribution in [1.29, 1.82) is 0 Å². The highest BCUT2D eigenvalue weighted by Crippen LogP contribution is 2.38. The van der Waals surface area contributed by atoms with E-state index in [0.29, 0.717) is 24.5 Å². The van der Waals surface area contributed by atoms with Gasteiger partial charge in [-0.1, -0.05) is 5.16 Å². The normalized spacial score (nSPS) is 28.0. The lowest BCUT2D eigenvalue weighted by Gasteiger charge is -2.41. The zero-order valence-electron chi connectivity index (χ0n) is 16.6. The number of ether oxygens (including phenoxy) is 2. The van der Waals surface area contributed by atoms with Crippen molar-refractivity contribution in [3.63, 3.8) is 0 Å². The van der Waals surface area contributed by atoms with Gasteiger partial charge in [0, 0.05) is 38.3 Å². The van der Waals surface area contributed by atoms with Gasteiger partial charge in [0.25, 0.3) is 5.91 Å². The zero-order valence-corrected chi connectivity index (χ0v) is 16.6. The van der Waals surface area contributed by atoms with Crippen molar-refractivity contribution in [2.45, 2.75) is 69.7 Å². The standard InChI is InChI=1S/C20H29N3O5/c1-13-9-18(21-28-13)20(25)22-7-5-16(6-8-22)27-17-10-14-3-4-15(11-17)23(14)19(24)12-26-2/h9,14-17H,3-8,10-12H2,1-2H3/t14-,15+,17?. The first-order chi connectivity index (χ1) is 13.5. The number of carbonyl (C=O) groups is 2. The van der Waals surface area contributed by atoms with Crippen LogP contribution in [0.2, 0.25) is 0 Å². The van der Waals surface area contributed by atoms with Gasteiger partial charge < -0.3 is 23.8 Å². The summed E-state index contributed by atoms with van der Waals surface area (Å²) >= 11 is 0. The number of rotatable bonds is 5. The van der Waals surface area contributed by atoms with Gasteiger partial charge in [0.2, 0.25) is 5.91 Å². The first kappa shape index (κ1) is 19.4. The van der Waals surface area contributed by atoms with Crippen molar-refractivity contribution >= 4 is 11.8 Å². The number of fused-ring (bicyclic) bond motifs is 2. The number of nitrogens with zero attached hydrogens (tertiary/aromatic N) is 3. The van der Waals surface area contributed by atoms with Gasteiger partial charge in [-0.3, -0.25) is 9.59 Å². The molecular formula is C20H29N3O5. The quantitative estimate of drug-likeness (QED) is 0.761. The van der Waals surface area contributed by atoms with Crippen LogP contribution in [0.4, 0.5) is 0 Å². The Labute approximate surface area is 165 Å². The number of methoxy groups -OCH3 is 1. The van der Waals surface area contributed by atoms with Crippen molar-refractivity contribution in [1.82, 2.24) is 15.0 Å². The van der Waals surface area contributed by atoms with Crippen molar-refractivity contribution in [2.24, 2.45) is 0 Å². The van der Waals surface area contributed by atoms with Crippen LogP contribution in [-0.4, -0.2) is 77.9 Å². The molecule has 1 aromatic heterocycles. The first-order valence-electron chi connectivity index (χ1n) is 10.2. The number of aryl methyl sites for hydroxylation is 1. The van der Waals surface area contributed by atoms with Gasteiger partial charge in [0.1, 0.15) is 12.4 Å². The lowest BCUT2D eigenvalue weighted by molar-refractivity contribution is -0.144. The summed E-state index contributed by atoms with van der Waals surface area (Å²) in [4.78, 5) is 28.6. The summed E-state index contributed by atoms with van der Waals surface area (Å²) in [5.74, 6) is 0.674. The fourth-order valence-corrected chi connectivity index (χ4v) is 4.94. The topological polar surface area (TPSA) is 85.1 Å². The van der Waals surface area contributed by atoms with Gasteiger partial charge >= 0.3 is 0 Å². The Morgan fingerprint density at radius 3 is 2.39 bits per heavy atom. The molecule has 8 heteroatoms. The first-order valence-corrected chi connectivity index (χ1v) is 10.2. The van der Waals surface area contributed by atoms with Gasteiger partial charge in [-0.15, -0.1) is 0 Å². The smallest absolute Gasteiger partial charge is 0.276 e. The predicted molar refractivity (Wildman–Crippen MR) is 99.8 cm³/mol. The molecule has 0 aliphatic carbocycles. The van der Waals surface area contributed by atoms with Crippen molar-refractivity contribution in [3.05, 3.63) is 17.5 Å². The Bertz CT molecular complexity index is 698. The Morgan fingerprint density at radius 1 is 1.14 bits per heavy atom. The second-order valence-corrected chi connectivity index (χ2v) is 8.16. The van der Waals surface area contributed by atoms with Crippen molar-refractivity contribution in [2.75, 3.05) is 26.8 Å². The molecular weight excluding hydrogens is 362 g/mol. The molecule has 2 amide bonds. The SMILES string of the molecule is COCC(=O)N1[C@@H]2CC[C@H]1CC(OC1CCN(C(=O)c3cc(C)on3)CC1)C2. The van der Waals surface area contributed by atoms with Crippen LogP contribution in [-0.2, 0) is 14.3 Å². The van der Waals surface area contributed by atoms with E-state index >= 15 is 0 Å². The van der Waals surface area contributed by atoms with Crippen LogP contribution < -0.4 is 0 Å². The fourth-order valence-electron chi connectivity index (χ4n) is 4.94. The summed E-state index contributed by atoms with van der Waals surface area (Å²) in [5, 5.41) is 3.82. The van der Waals surface area contributed by atoms with Gasteiger partial charge in [0.15, 0.2) is 5.69 Å². The summed E-state index contributed by atoms with van der Waals surface area (Å²) in [6.07, 6.45) is 5.98. The molecule has 0 N–H and O–H groups in total. The molecule has 0 spiro atoms. The molecule has 4 heterocycles. The minimum absolute atomic E-state index is 0.0710. The third-order valence-corrected chi connectivity index (χ3v) is 6.21. The lowest BCUT2D eigenvalue weighted by Crippen LogP contribution is -2.51. The summed E-state index contributed by atoms with van der Waals surface area (Å²) < 4.78 is 16.4. The number of aromatic nitrogens is 1. The van der Waals surface area contributed by atoms with Crippen LogP contribution in [0.15, 0.2) is 10.6 Å². The van der Waals surface area contributed by atoms with Gasteiger partial charge in [0.05, 0.1) is 12.2 Å². The average molecular weight is 391 g/mol. The Morgan fingerprint density at radius 2 is 1.82 bits per heavy atom.